The molecule has 5 heteroatoms. The zero-order valence-electron chi connectivity index (χ0n) is 11.9. The van der Waals surface area contributed by atoms with Gasteiger partial charge in [-0.25, -0.2) is 9.59 Å². The van der Waals surface area contributed by atoms with Crippen molar-refractivity contribution in [2.45, 2.75) is 52.7 Å². The third-order valence-corrected chi connectivity index (χ3v) is 2.70. The molecule has 0 aliphatic carbocycles. The molecule has 2 atom stereocenters. The summed E-state index contributed by atoms with van der Waals surface area (Å²) >= 11 is 0. The molecule has 0 N–H and O–H groups in total. The second kappa shape index (κ2) is 5.59. The first-order valence-corrected chi connectivity index (χ1v) is 6.41. The van der Waals surface area contributed by atoms with Gasteiger partial charge in [-0.15, -0.1) is 0 Å². The maximum Gasteiger partial charge on any atom is 0.411 e. The fourth-order valence-corrected chi connectivity index (χ4v) is 2.03. The topological polar surface area (TPSA) is 55.8 Å². The van der Waals surface area contributed by atoms with E-state index in [-0.39, 0.29) is 11.9 Å². The Morgan fingerprint density at radius 2 is 1.94 bits per heavy atom. The number of nitrogens with zero attached hydrogens (tertiary/aromatic N) is 1. The van der Waals surface area contributed by atoms with E-state index in [0.29, 0.717) is 19.6 Å². The zero-order valence-corrected chi connectivity index (χ0v) is 11.9. The number of likely N-dealkylation sites (tertiary alicyclic amines) is 1. The summed E-state index contributed by atoms with van der Waals surface area (Å²) in [7, 11) is 0. The van der Waals surface area contributed by atoms with E-state index in [9.17, 15) is 9.59 Å². The maximum atomic E-state index is 12.0. The van der Waals surface area contributed by atoms with Crippen molar-refractivity contribution in [3.8, 4) is 0 Å². The minimum absolute atomic E-state index is 0.284. The minimum Gasteiger partial charge on any atom is -0.464 e. The fraction of sp³-hybridized carbons (Fsp3) is 0.846. The van der Waals surface area contributed by atoms with E-state index in [2.05, 4.69) is 0 Å². The van der Waals surface area contributed by atoms with E-state index in [0.717, 1.165) is 0 Å². The molecule has 0 aromatic heterocycles. The van der Waals surface area contributed by atoms with Crippen LogP contribution < -0.4 is 0 Å². The molecule has 1 heterocycles. The number of hydrogen-bond donors (Lipinski definition) is 0. The summed E-state index contributed by atoms with van der Waals surface area (Å²) in [5, 5.41) is 0. The minimum atomic E-state index is -0.553. The number of esters is 1. The summed E-state index contributed by atoms with van der Waals surface area (Å²) < 4.78 is 10.3. The first kappa shape index (κ1) is 14.8. The average molecular weight is 257 g/mol. The molecule has 0 bridgehead atoms. The molecule has 1 aliphatic rings. The smallest absolute Gasteiger partial charge is 0.411 e. The maximum absolute atomic E-state index is 12.0. The van der Waals surface area contributed by atoms with Gasteiger partial charge >= 0.3 is 12.1 Å². The van der Waals surface area contributed by atoms with Gasteiger partial charge in [-0.05, 0) is 40.0 Å². The van der Waals surface area contributed by atoms with E-state index < -0.39 is 17.7 Å². The molecule has 1 saturated heterocycles. The van der Waals surface area contributed by atoms with Crippen LogP contribution in [0.5, 0.6) is 0 Å². The molecular weight excluding hydrogens is 234 g/mol. The molecule has 0 aromatic carbocycles. The highest BCUT2D eigenvalue weighted by molar-refractivity contribution is 5.82. The van der Waals surface area contributed by atoms with Crippen molar-refractivity contribution in [2.24, 2.45) is 5.92 Å². The van der Waals surface area contributed by atoms with Crippen LogP contribution >= 0.6 is 0 Å². The van der Waals surface area contributed by atoms with Crippen molar-refractivity contribution in [3.05, 3.63) is 0 Å². The van der Waals surface area contributed by atoms with Crippen LogP contribution in [0.4, 0.5) is 4.79 Å². The SMILES string of the molecule is CCOC(=O)C1C[C@H](C)CN1C(=O)OC(C)(C)C. The van der Waals surface area contributed by atoms with Crippen LogP contribution in [0.3, 0.4) is 0 Å². The second-order valence-electron chi connectivity index (χ2n) is 5.74. The second-order valence-corrected chi connectivity index (χ2v) is 5.74. The van der Waals surface area contributed by atoms with Crippen LogP contribution in [-0.4, -0.2) is 41.8 Å². The highest BCUT2D eigenvalue weighted by Gasteiger charge is 2.40. The predicted molar refractivity (Wildman–Crippen MR) is 67.1 cm³/mol. The average Bonchev–Trinajstić information content (AvgIpc) is 2.58. The Morgan fingerprint density at radius 1 is 1.33 bits per heavy atom. The van der Waals surface area contributed by atoms with Gasteiger partial charge in [0.15, 0.2) is 0 Å². The highest BCUT2D eigenvalue weighted by atomic mass is 16.6. The predicted octanol–water partition coefficient (Wildman–Crippen LogP) is 2.20. The van der Waals surface area contributed by atoms with Gasteiger partial charge in [0.05, 0.1) is 6.61 Å². The number of hydrogen-bond acceptors (Lipinski definition) is 4. The van der Waals surface area contributed by atoms with Crippen molar-refractivity contribution < 1.29 is 19.1 Å². The Labute approximate surface area is 108 Å². The number of carbonyl (C=O) groups excluding carboxylic acids is 2. The van der Waals surface area contributed by atoms with E-state index in [1.807, 2.05) is 27.7 Å². The van der Waals surface area contributed by atoms with Gasteiger partial charge in [-0.3, -0.25) is 4.90 Å². The van der Waals surface area contributed by atoms with Crippen LogP contribution in [-0.2, 0) is 14.3 Å². The lowest BCUT2D eigenvalue weighted by molar-refractivity contribution is -0.148. The molecule has 5 nitrogen and oxygen atoms in total. The quantitative estimate of drug-likeness (QED) is 0.712. The molecule has 104 valence electrons. The first-order chi connectivity index (χ1) is 8.24. The molecule has 1 rings (SSSR count). The number of carbonyl (C=O) groups is 2. The lowest BCUT2D eigenvalue weighted by Gasteiger charge is -2.27. The van der Waals surface area contributed by atoms with Crippen LogP contribution in [0.2, 0.25) is 0 Å². The Kier molecular flexibility index (Phi) is 4.59. The molecule has 0 aromatic rings. The summed E-state index contributed by atoms with van der Waals surface area (Å²) in [5.41, 5.74) is -0.553. The van der Waals surface area contributed by atoms with E-state index >= 15 is 0 Å². The normalized spacial score (nSPS) is 23.9. The van der Waals surface area contributed by atoms with Crippen LogP contribution in [0.15, 0.2) is 0 Å². The van der Waals surface area contributed by atoms with Gasteiger partial charge in [0.1, 0.15) is 11.6 Å². The molecule has 0 radical (unpaired) electrons. The van der Waals surface area contributed by atoms with Crippen molar-refractivity contribution in [1.29, 1.82) is 0 Å². The van der Waals surface area contributed by atoms with Gasteiger partial charge in [0, 0.05) is 6.54 Å². The van der Waals surface area contributed by atoms with Crippen LogP contribution in [0.25, 0.3) is 0 Å². The monoisotopic (exact) mass is 257 g/mol. The number of ether oxygens (including phenoxy) is 2. The van der Waals surface area contributed by atoms with Crippen LogP contribution in [0.1, 0.15) is 41.0 Å². The summed E-state index contributed by atoms with van der Waals surface area (Å²) in [6.45, 7) is 10.1. The van der Waals surface area contributed by atoms with Crippen molar-refractivity contribution in [1.82, 2.24) is 4.90 Å². The first-order valence-electron chi connectivity index (χ1n) is 6.41. The lowest BCUT2D eigenvalue weighted by atomic mass is 10.1. The molecular formula is C13H23NO4. The van der Waals surface area contributed by atoms with E-state index in [4.69, 9.17) is 9.47 Å². The molecule has 1 aliphatic heterocycles. The van der Waals surface area contributed by atoms with Gasteiger partial charge in [-0.1, -0.05) is 6.92 Å². The Hall–Kier alpha value is -1.26. The van der Waals surface area contributed by atoms with Crippen molar-refractivity contribution >= 4 is 12.1 Å². The Bertz CT molecular complexity index is 321. The fourth-order valence-electron chi connectivity index (χ4n) is 2.03. The molecule has 1 unspecified atom stereocenters. The Balaban J connectivity index is 2.72. The number of amides is 1. The highest BCUT2D eigenvalue weighted by Crippen LogP contribution is 2.25. The summed E-state index contributed by atoms with van der Waals surface area (Å²) in [6.07, 6.45) is 0.197. The molecule has 18 heavy (non-hydrogen) atoms. The molecule has 0 saturated carbocycles. The third kappa shape index (κ3) is 3.89. The molecule has 1 amide bonds. The van der Waals surface area contributed by atoms with Crippen molar-refractivity contribution in [2.75, 3.05) is 13.2 Å². The molecule has 0 spiro atoms. The summed E-state index contributed by atoms with van der Waals surface area (Å²) in [6, 6.07) is -0.505. The van der Waals surface area contributed by atoms with Gasteiger partial charge < -0.3 is 9.47 Å². The standard InChI is InChI=1S/C13H23NO4/c1-6-17-11(15)10-7-9(2)8-14(10)12(16)18-13(3,4)5/h9-10H,6-8H2,1-5H3/t9-,10?/m0/s1. The van der Waals surface area contributed by atoms with Crippen LogP contribution in [0, 0.1) is 5.92 Å². The van der Waals surface area contributed by atoms with Gasteiger partial charge in [0.25, 0.3) is 0 Å². The number of rotatable bonds is 2. The summed E-state index contributed by atoms with van der Waals surface area (Å²) in [5.74, 6) is -0.0559. The summed E-state index contributed by atoms with van der Waals surface area (Å²) in [4.78, 5) is 25.3. The zero-order chi connectivity index (χ0) is 13.9. The third-order valence-electron chi connectivity index (χ3n) is 2.70. The van der Waals surface area contributed by atoms with Gasteiger partial charge in [0.2, 0.25) is 0 Å². The lowest BCUT2D eigenvalue weighted by Crippen LogP contribution is -2.44. The van der Waals surface area contributed by atoms with Gasteiger partial charge in [-0.2, -0.15) is 0 Å². The largest absolute Gasteiger partial charge is 0.464 e. The van der Waals surface area contributed by atoms with E-state index in [1.165, 1.54) is 4.90 Å². The molecule has 1 fully saturated rings. The Morgan fingerprint density at radius 3 is 2.44 bits per heavy atom. The van der Waals surface area contributed by atoms with E-state index in [1.54, 1.807) is 6.92 Å². The van der Waals surface area contributed by atoms with Crippen molar-refractivity contribution in [3.63, 3.8) is 0 Å².